The molecule has 1 aromatic heterocycles. The number of aryl methyl sites for hydroxylation is 1. The van der Waals surface area contributed by atoms with E-state index in [9.17, 15) is 4.79 Å². The number of hydrogen-bond donors (Lipinski definition) is 0. The lowest BCUT2D eigenvalue weighted by Crippen LogP contribution is -2.41. The summed E-state index contributed by atoms with van der Waals surface area (Å²) in [4.78, 5) is 20.6. The fraction of sp³-hybridized carbons (Fsp3) is 0.357. The highest BCUT2D eigenvalue weighted by atomic mass is 16.3. The zero-order valence-corrected chi connectivity index (χ0v) is 18.2. The molecule has 3 aliphatic carbocycles. The number of allylic oxidation sites excluding steroid dienone is 2. The molecule has 1 amide bonds. The van der Waals surface area contributed by atoms with E-state index in [4.69, 9.17) is 4.42 Å². The summed E-state index contributed by atoms with van der Waals surface area (Å²) in [5.74, 6) is 2.37. The van der Waals surface area contributed by atoms with Crippen molar-refractivity contribution in [2.45, 2.75) is 38.1 Å². The first kappa shape index (κ1) is 19.5. The van der Waals surface area contributed by atoms with Gasteiger partial charge in [0.05, 0.1) is 6.04 Å². The van der Waals surface area contributed by atoms with E-state index in [2.05, 4.69) is 46.3 Å². The molecule has 4 heteroatoms. The van der Waals surface area contributed by atoms with E-state index in [1.807, 2.05) is 30.3 Å². The van der Waals surface area contributed by atoms with Crippen LogP contribution in [0.5, 0.6) is 0 Å². The topological polar surface area (TPSA) is 46.3 Å². The average molecular weight is 425 g/mol. The van der Waals surface area contributed by atoms with Crippen LogP contribution in [0.4, 0.5) is 0 Å². The minimum atomic E-state index is -0.00828. The van der Waals surface area contributed by atoms with Gasteiger partial charge in [0.25, 0.3) is 5.91 Å². The first-order valence-electron chi connectivity index (χ1n) is 11.8. The van der Waals surface area contributed by atoms with Gasteiger partial charge in [0, 0.05) is 12.1 Å². The largest absolute Gasteiger partial charge is 0.443 e. The number of carbonyl (C=O) groups excluding carboxylic acids is 1. The minimum absolute atomic E-state index is 0.00828. The lowest BCUT2D eigenvalue weighted by atomic mass is 9.85. The Morgan fingerprint density at radius 1 is 1.03 bits per heavy atom. The Labute approximate surface area is 189 Å². The highest BCUT2D eigenvalue weighted by Gasteiger charge is 2.40. The maximum atomic E-state index is 14.1. The van der Waals surface area contributed by atoms with Gasteiger partial charge in [-0.25, -0.2) is 4.98 Å². The van der Waals surface area contributed by atoms with E-state index in [1.165, 1.54) is 30.4 Å². The second kappa shape index (κ2) is 8.09. The van der Waals surface area contributed by atoms with Crippen molar-refractivity contribution in [3.05, 3.63) is 90.0 Å². The number of carbonyl (C=O) groups is 1. The van der Waals surface area contributed by atoms with E-state index in [-0.39, 0.29) is 11.9 Å². The second-order valence-electron chi connectivity index (χ2n) is 9.50. The first-order valence-corrected chi connectivity index (χ1v) is 11.8. The molecule has 3 aliphatic rings. The number of fused-ring (bicyclic) bond motifs is 3. The maximum Gasteiger partial charge on any atom is 0.277 e. The first-order chi connectivity index (χ1) is 15.8. The van der Waals surface area contributed by atoms with Crippen molar-refractivity contribution >= 4 is 5.91 Å². The molecule has 4 atom stereocenters. The summed E-state index contributed by atoms with van der Waals surface area (Å²) < 4.78 is 5.73. The van der Waals surface area contributed by atoms with Crippen molar-refractivity contribution in [2.24, 2.45) is 17.8 Å². The van der Waals surface area contributed by atoms with Gasteiger partial charge in [-0.05, 0) is 61.0 Å². The Morgan fingerprint density at radius 3 is 2.69 bits per heavy atom. The zero-order chi connectivity index (χ0) is 21.5. The number of benzene rings is 2. The zero-order valence-electron chi connectivity index (χ0n) is 18.2. The Balaban J connectivity index is 1.38. The molecule has 3 aromatic rings. The third-order valence-electron chi connectivity index (χ3n) is 7.63. The van der Waals surface area contributed by atoms with Crippen molar-refractivity contribution in [1.82, 2.24) is 9.88 Å². The molecule has 0 radical (unpaired) electrons. The van der Waals surface area contributed by atoms with Crippen LogP contribution in [0.3, 0.4) is 0 Å². The summed E-state index contributed by atoms with van der Waals surface area (Å²) in [6.07, 6.45) is 11.8. The normalized spacial score (nSPS) is 25.6. The number of nitrogens with zero attached hydrogens (tertiary/aromatic N) is 2. The molecule has 162 valence electrons. The summed E-state index contributed by atoms with van der Waals surface area (Å²) in [5.41, 5.74) is 3.99. The summed E-state index contributed by atoms with van der Waals surface area (Å²) in [5, 5.41) is 0. The summed E-state index contributed by atoms with van der Waals surface area (Å²) in [6, 6.07) is 18.6. The van der Waals surface area contributed by atoms with E-state index in [0.717, 1.165) is 31.4 Å². The van der Waals surface area contributed by atoms with Crippen LogP contribution in [-0.4, -0.2) is 22.3 Å². The van der Waals surface area contributed by atoms with E-state index in [0.29, 0.717) is 29.2 Å². The fourth-order valence-electron chi connectivity index (χ4n) is 6.09. The lowest BCUT2D eigenvalue weighted by molar-refractivity contribution is 0.0599. The molecule has 0 aliphatic heterocycles. The Morgan fingerprint density at radius 2 is 1.88 bits per heavy atom. The molecule has 0 spiro atoms. The molecule has 0 unspecified atom stereocenters. The number of oxazole rings is 1. The van der Waals surface area contributed by atoms with Gasteiger partial charge >= 0.3 is 0 Å². The van der Waals surface area contributed by atoms with Crippen molar-refractivity contribution in [2.75, 3.05) is 6.54 Å². The van der Waals surface area contributed by atoms with Crippen LogP contribution >= 0.6 is 0 Å². The molecule has 1 fully saturated rings. The summed E-state index contributed by atoms with van der Waals surface area (Å²) in [7, 11) is 0. The van der Waals surface area contributed by atoms with Crippen LogP contribution in [-0.2, 0) is 6.42 Å². The van der Waals surface area contributed by atoms with Crippen molar-refractivity contribution < 1.29 is 9.21 Å². The molecule has 1 heterocycles. The van der Waals surface area contributed by atoms with Gasteiger partial charge in [-0.3, -0.25) is 4.79 Å². The Bertz CT molecular complexity index is 1150. The summed E-state index contributed by atoms with van der Waals surface area (Å²) in [6.45, 7) is 0.782. The molecule has 2 aromatic carbocycles. The van der Waals surface area contributed by atoms with Gasteiger partial charge < -0.3 is 9.32 Å². The van der Waals surface area contributed by atoms with Crippen molar-refractivity contribution in [3.63, 3.8) is 0 Å². The van der Waals surface area contributed by atoms with Crippen molar-refractivity contribution in [1.29, 1.82) is 0 Å². The van der Waals surface area contributed by atoms with Crippen LogP contribution in [0.1, 0.15) is 53.3 Å². The molecular weight excluding hydrogens is 396 g/mol. The lowest BCUT2D eigenvalue weighted by Gasteiger charge is -2.38. The van der Waals surface area contributed by atoms with Crippen LogP contribution in [0.15, 0.2) is 77.6 Å². The number of amides is 1. The molecule has 0 saturated heterocycles. The van der Waals surface area contributed by atoms with E-state index in [1.54, 1.807) is 0 Å². The van der Waals surface area contributed by atoms with Gasteiger partial charge in [-0.15, -0.1) is 0 Å². The maximum absolute atomic E-state index is 14.1. The van der Waals surface area contributed by atoms with Crippen LogP contribution in [0.2, 0.25) is 0 Å². The van der Waals surface area contributed by atoms with E-state index >= 15 is 0 Å². The van der Waals surface area contributed by atoms with Gasteiger partial charge in [0.1, 0.15) is 0 Å². The highest BCUT2D eigenvalue weighted by molar-refractivity contribution is 5.98. The third kappa shape index (κ3) is 3.38. The Hall–Kier alpha value is -3.14. The SMILES string of the molecule is O=C(c1ncoc1-c1ccccc1)N(C[C@@H]1C[C@@H]2C=C[C@@H]1C2)[C@@H]1CCCc2ccccc21. The molecular formula is C28H28N2O2. The molecule has 1 saturated carbocycles. The summed E-state index contributed by atoms with van der Waals surface area (Å²) >= 11 is 0. The standard InChI is InChI=1S/C28H28N2O2/c31-28(26-27(32-18-29-26)21-8-2-1-3-9-21)30(17-23-16-19-13-14-22(23)15-19)25-12-6-10-20-7-4-5-11-24(20)25/h1-5,7-9,11,13-14,18-19,22-23,25H,6,10,12,15-17H2/t19-,22-,23+,25-/m1/s1. The predicted octanol–water partition coefficient (Wildman–Crippen LogP) is 6.07. The molecule has 32 heavy (non-hydrogen) atoms. The van der Waals surface area contributed by atoms with Crippen LogP contribution in [0, 0.1) is 17.8 Å². The van der Waals surface area contributed by atoms with Gasteiger partial charge in [-0.1, -0.05) is 66.7 Å². The van der Waals surface area contributed by atoms with Crippen LogP contribution in [0.25, 0.3) is 11.3 Å². The van der Waals surface area contributed by atoms with Gasteiger partial charge in [0.15, 0.2) is 17.8 Å². The fourth-order valence-corrected chi connectivity index (χ4v) is 6.09. The number of hydrogen-bond acceptors (Lipinski definition) is 3. The van der Waals surface area contributed by atoms with Crippen LogP contribution < -0.4 is 0 Å². The predicted molar refractivity (Wildman–Crippen MR) is 124 cm³/mol. The second-order valence-corrected chi connectivity index (χ2v) is 9.50. The number of rotatable bonds is 5. The highest BCUT2D eigenvalue weighted by Crippen LogP contribution is 2.45. The smallest absolute Gasteiger partial charge is 0.277 e. The minimum Gasteiger partial charge on any atom is -0.443 e. The molecule has 2 bridgehead atoms. The van der Waals surface area contributed by atoms with E-state index < -0.39 is 0 Å². The quantitative estimate of drug-likeness (QED) is 0.467. The Kier molecular flexibility index (Phi) is 4.94. The average Bonchev–Trinajstić information content (AvgIpc) is 3.60. The van der Waals surface area contributed by atoms with Gasteiger partial charge in [0.2, 0.25) is 0 Å². The van der Waals surface area contributed by atoms with Crippen molar-refractivity contribution in [3.8, 4) is 11.3 Å². The monoisotopic (exact) mass is 424 g/mol. The molecule has 6 rings (SSSR count). The molecule has 4 nitrogen and oxygen atoms in total. The number of aromatic nitrogens is 1. The molecule has 0 N–H and O–H groups in total. The third-order valence-corrected chi connectivity index (χ3v) is 7.63. The van der Waals surface area contributed by atoms with Gasteiger partial charge in [-0.2, -0.15) is 0 Å².